The molecule has 0 aliphatic rings. The van der Waals surface area contributed by atoms with Crippen molar-refractivity contribution in [2.45, 2.75) is 20.4 Å². The molecular formula is C16H17N3O3. The summed E-state index contributed by atoms with van der Waals surface area (Å²) in [7, 11) is 0. The standard InChI is InChI=1S/C16H17N3O3/c1-10-7-14(20)8-11(2)19(10)9-15(21)18-13-5-3-12(4-6-13)16(17)22/h3-8H,9H2,1-2H3,(H2,17,22)(H,18,21). The number of primary amides is 1. The van der Waals surface area contributed by atoms with Gasteiger partial charge in [0.2, 0.25) is 11.8 Å². The highest BCUT2D eigenvalue weighted by Crippen LogP contribution is 2.10. The van der Waals surface area contributed by atoms with Crippen LogP contribution >= 0.6 is 0 Å². The van der Waals surface area contributed by atoms with Crippen LogP contribution in [0, 0.1) is 13.8 Å². The Morgan fingerprint density at radius 1 is 1.09 bits per heavy atom. The van der Waals surface area contributed by atoms with Crippen molar-refractivity contribution in [2.24, 2.45) is 5.73 Å². The number of hydrogen-bond donors (Lipinski definition) is 2. The number of pyridine rings is 1. The van der Waals surface area contributed by atoms with Crippen molar-refractivity contribution < 1.29 is 9.59 Å². The van der Waals surface area contributed by atoms with E-state index in [1.54, 1.807) is 42.7 Å². The minimum atomic E-state index is -0.516. The van der Waals surface area contributed by atoms with E-state index < -0.39 is 5.91 Å². The van der Waals surface area contributed by atoms with E-state index in [0.717, 1.165) is 11.4 Å². The molecular weight excluding hydrogens is 282 g/mol. The van der Waals surface area contributed by atoms with Crippen molar-refractivity contribution in [2.75, 3.05) is 5.32 Å². The first-order valence-electron chi connectivity index (χ1n) is 6.74. The fourth-order valence-corrected chi connectivity index (χ4v) is 2.20. The van der Waals surface area contributed by atoms with Crippen molar-refractivity contribution in [3.63, 3.8) is 0 Å². The van der Waals surface area contributed by atoms with E-state index in [-0.39, 0.29) is 17.9 Å². The molecule has 2 aromatic rings. The predicted octanol–water partition coefficient (Wildman–Crippen LogP) is 1.20. The highest BCUT2D eigenvalue weighted by Gasteiger charge is 2.08. The maximum atomic E-state index is 12.1. The molecule has 3 N–H and O–H groups in total. The van der Waals surface area contributed by atoms with E-state index in [1.807, 2.05) is 0 Å². The number of benzene rings is 1. The van der Waals surface area contributed by atoms with Crippen molar-refractivity contribution >= 4 is 17.5 Å². The highest BCUT2D eigenvalue weighted by atomic mass is 16.2. The third-order valence-corrected chi connectivity index (χ3v) is 3.31. The smallest absolute Gasteiger partial charge is 0.248 e. The largest absolute Gasteiger partial charge is 0.366 e. The Morgan fingerprint density at radius 2 is 1.64 bits per heavy atom. The zero-order valence-corrected chi connectivity index (χ0v) is 12.4. The number of aryl methyl sites for hydroxylation is 2. The van der Waals surface area contributed by atoms with Gasteiger partial charge >= 0.3 is 0 Å². The summed E-state index contributed by atoms with van der Waals surface area (Å²) in [6.45, 7) is 3.67. The normalized spacial score (nSPS) is 10.3. The Labute approximate surface area is 127 Å². The third kappa shape index (κ3) is 3.60. The number of anilines is 1. The van der Waals surface area contributed by atoms with Gasteiger partial charge < -0.3 is 15.6 Å². The molecule has 0 bridgehead atoms. The molecule has 6 heteroatoms. The second-order valence-corrected chi connectivity index (χ2v) is 5.05. The van der Waals surface area contributed by atoms with Crippen molar-refractivity contribution in [3.05, 3.63) is 63.6 Å². The monoisotopic (exact) mass is 299 g/mol. The van der Waals surface area contributed by atoms with E-state index in [4.69, 9.17) is 5.73 Å². The Morgan fingerprint density at radius 3 is 2.14 bits per heavy atom. The lowest BCUT2D eigenvalue weighted by Gasteiger charge is -2.14. The number of nitrogens with two attached hydrogens (primary N) is 1. The van der Waals surface area contributed by atoms with E-state index >= 15 is 0 Å². The average Bonchev–Trinajstić information content (AvgIpc) is 2.43. The van der Waals surface area contributed by atoms with Gasteiger partial charge in [0, 0.05) is 34.8 Å². The molecule has 2 amide bonds. The van der Waals surface area contributed by atoms with Gasteiger partial charge in [0.25, 0.3) is 0 Å². The SMILES string of the molecule is Cc1cc(=O)cc(C)n1CC(=O)Nc1ccc(C(N)=O)cc1. The Balaban J connectivity index is 2.10. The number of nitrogens with zero attached hydrogens (tertiary/aromatic N) is 1. The van der Waals surface area contributed by atoms with Gasteiger partial charge in [-0.05, 0) is 38.1 Å². The van der Waals surface area contributed by atoms with Crippen molar-refractivity contribution in [3.8, 4) is 0 Å². The maximum Gasteiger partial charge on any atom is 0.248 e. The second kappa shape index (κ2) is 6.26. The first kappa shape index (κ1) is 15.5. The molecule has 114 valence electrons. The number of hydrogen-bond acceptors (Lipinski definition) is 3. The highest BCUT2D eigenvalue weighted by molar-refractivity contribution is 5.94. The van der Waals surface area contributed by atoms with Crippen LogP contribution in [0.4, 0.5) is 5.69 Å². The van der Waals surface area contributed by atoms with Gasteiger partial charge in [-0.3, -0.25) is 14.4 Å². The number of aromatic nitrogens is 1. The van der Waals surface area contributed by atoms with E-state index in [9.17, 15) is 14.4 Å². The molecule has 0 radical (unpaired) electrons. The minimum absolute atomic E-state index is 0.0753. The third-order valence-electron chi connectivity index (χ3n) is 3.31. The predicted molar refractivity (Wildman–Crippen MR) is 83.8 cm³/mol. The van der Waals surface area contributed by atoms with Crippen LogP contribution in [0.2, 0.25) is 0 Å². The van der Waals surface area contributed by atoms with Crippen molar-refractivity contribution in [1.82, 2.24) is 4.57 Å². The van der Waals surface area contributed by atoms with Crippen molar-refractivity contribution in [1.29, 1.82) is 0 Å². The molecule has 1 heterocycles. The first-order valence-corrected chi connectivity index (χ1v) is 6.74. The number of carbonyl (C=O) groups excluding carboxylic acids is 2. The summed E-state index contributed by atoms with van der Waals surface area (Å²) in [4.78, 5) is 34.4. The Hall–Kier alpha value is -2.89. The van der Waals surface area contributed by atoms with Gasteiger partial charge in [-0.25, -0.2) is 0 Å². The summed E-state index contributed by atoms with van der Waals surface area (Å²) in [5.74, 6) is -0.737. The molecule has 0 aliphatic carbocycles. The van der Waals surface area contributed by atoms with Crippen LogP contribution in [-0.4, -0.2) is 16.4 Å². The lowest BCUT2D eigenvalue weighted by Crippen LogP contribution is -2.23. The van der Waals surface area contributed by atoms with Gasteiger partial charge in [-0.1, -0.05) is 0 Å². The Bertz CT molecular complexity index is 750. The molecule has 22 heavy (non-hydrogen) atoms. The molecule has 0 spiro atoms. The van der Waals surface area contributed by atoms with Crippen LogP contribution in [0.25, 0.3) is 0 Å². The van der Waals surface area contributed by atoms with Crippen LogP contribution in [0.5, 0.6) is 0 Å². The molecule has 0 aliphatic heterocycles. The van der Waals surface area contributed by atoms with E-state index in [2.05, 4.69) is 5.32 Å². The molecule has 0 saturated carbocycles. The topological polar surface area (TPSA) is 94.2 Å². The quantitative estimate of drug-likeness (QED) is 0.888. The molecule has 0 fully saturated rings. The van der Waals surface area contributed by atoms with Gasteiger partial charge in [0.15, 0.2) is 5.43 Å². The van der Waals surface area contributed by atoms with Gasteiger partial charge in [0.1, 0.15) is 6.54 Å². The van der Waals surface area contributed by atoms with E-state index in [1.165, 1.54) is 12.1 Å². The summed E-state index contributed by atoms with van der Waals surface area (Å²) >= 11 is 0. The minimum Gasteiger partial charge on any atom is -0.366 e. The lowest BCUT2D eigenvalue weighted by atomic mass is 10.2. The van der Waals surface area contributed by atoms with Gasteiger partial charge in [-0.2, -0.15) is 0 Å². The summed E-state index contributed by atoms with van der Waals surface area (Å²) in [5, 5.41) is 2.74. The molecule has 1 aromatic carbocycles. The summed E-state index contributed by atoms with van der Waals surface area (Å²) in [6.07, 6.45) is 0. The van der Waals surface area contributed by atoms with Gasteiger partial charge in [0.05, 0.1) is 0 Å². The molecule has 2 rings (SSSR count). The molecule has 0 saturated heterocycles. The average molecular weight is 299 g/mol. The first-order chi connectivity index (χ1) is 10.4. The second-order valence-electron chi connectivity index (χ2n) is 5.05. The molecule has 0 unspecified atom stereocenters. The summed E-state index contributed by atoms with van der Waals surface area (Å²) in [5.41, 5.74) is 7.49. The fourth-order valence-electron chi connectivity index (χ4n) is 2.20. The number of rotatable bonds is 4. The van der Waals surface area contributed by atoms with Crippen LogP contribution in [0.1, 0.15) is 21.7 Å². The number of nitrogens with one attached hydrogen (secondary N) is 1. The maximum absolute atomic E-state index is 12.1. The lowest BCUT2D eigenvalue weighted by molar-refractivity contribution is -0.116. The number of carbonyl (C=O) groups is 2. The van der Waals surface area contributed by atoms with Crippen LogP contribution < -0.4 is 16.5 Å². The summed E-state index contributed by atoms with van der Waals surface area (Å²) < 4.78 is 1.76. The zero-order valence-electron chi connectivity index (χ0n) is 12.4. The molecule has 6 nitrogen and oxygen atoms in total. The number of amides is 2. The van der Waals surface area contributed by atoms with Crippen LogP contribution in [0.3, 0.4) is 0 Å². The Kier molecular flexibility index (Phi) is 4.41. The van der Waals surface area contributed by atoms with Crippen LogP contribution in [0.15, 0.2) is 41.2 Å². The van der Waals surface area contributed by atoms with Gasteiger partial charge in [-0.15, -0.1) is 0 Å². The zero-order chi connectivity index (χ0) is 16.3. The fraction of sp³-hybridized carbons (Fsp3) is 0.188. The van der Waals surface area contributed by atoms with E-state index in [0.29, 0.717) is 11.3 Å². The van der Waals surface area contributed by atoms with Crippen LogP contribution in [-0.2, 0) is 11.3 Å². The molecule has 1 aromatic heterocycles. The summed E-state index contributed by atoms with van der Waals surface area (Å²) in [6, 6.07) is 9.30. The molecule has 0 atom stereocenters.